The minimum atomic E-state index is 1.06. The van der Waals surface area contributed by atoms with Crippen molar-refractivity contribution in [3.8, 4) is 0 Å². The Bertz CT molecular complexity index is 911. The zero-order valence-corrected chi connectivity index (χ0v) is 23.0. The molecule has 2 aromatic rings. The van der Waals surface area contributed by atoms with Crippen molar-refractivity contribution in [3.63, 3.8) is 0 Å². The van der Waals surface area contributed by atoms with E-state index in [2.05, 4.69) is 102 Å². The standard InChI is InChI=1S/C17H20.C9H12.C6H10.C2H6/c1-6-8-9-15(7-2)17-11-14(5)10-16(12-17)13(3)4;1-3-9-7-5-4-6-8(9)2;1-3-5-6-4-2;1-2/h6-12H,1,3H2,2,4-5H3;4-7H,3H2,1-2H3;3-4H,1-2,5-6H2;1-2H3/b9-8-,15-7+;;;. The highest BCUT2D eigenvalue weighted by Crippen LogP contribution is 2.23. The summed E-state index contributed by atoms with van der Waals surface area (Å²) in [5.41, 5.74) is 8.84. The number of rotatable bonds is 8. The molecule has 2 rings (SSSR count). The van der Waals surface area contributed by atoms with Gasteiger partial charge in [0.2, 0.25) is 0 Å². The molecule has 184 valence electrons. The summed E-state index contributed by atoms with van der Waals surface area (Å²) < 4.78 is 0. The quantitative estimate of drug-likeness (QED) is 0.210. The number of hydrogen-bond donors (Lipinski definition) is 0. The number of benzene rings is 2. The largest absolute Gasteiger partial charge is 0.103 e. The van der Waals surface area contributed by atoms with Crippen molar-refractivity contribution in [2.75, 3.05) is 0 Å². The molecule has 0 spiro atoms. The van der Waals surface area contributed by atoms with E-state index in [-0.39, 0.29) is 0 Å². The molecule has 0 aliphatic heterocycles. The van der Waals surface area contributed by atoms with Crippen LogP contribution < -0.4 is 0 Å². The maximum absolute atomic E-state index is 4.00. The Labute approximate surface area is 211 Å². The van der Waals surface area contributed by atoms with E-state index in [1.807, 2.05) is 45.9 Å². The molecule has 0 N–H and O–H groups in total. The van der Waals surface area contributed by atoms with Crippen molar-refractivity contribution in [3.05, 3.63) is 133 Å². The molecule has 0 aliphatic rings. The van der Waals surface area contributed by atoms with Gasteiger partial charge < -0.3 is 0 Å². The normalized spacial score (nSPS) is 9.91. The molecule has 0 fully saturated rings. The molecular formula is C34H48. The Morgan fingerprint density at radius 3 is 1.85 bits per heavy atom. The van der Waals surface area contributed by atoms with Crippen LogP contribution in [-0.4, -0.2) is 0 Å². The van der Waals surface area contributed by atoms with Crippen LogP contribution in [0.15, 0.2) is 105 Å². The second kappa shape index (κ2) is 21.7. The zero-order chi connectivity index (χ0) is 26.4. The SMILES string of the molecule is C=C/C=C\C(=C/C)c1cc(C)cc(C(=C)C)c1.C=CCCC=C.CC.CCc1ccccc1C. The first-order valence-corrected chi connectivity index (χ1v) is 12.3. The first-order valence-electron chi connectivity index (χ1n) is 12.3. The van der Waals surface area contributed by atoms with Gasteiger partial charge >= 0.3 is 0 Å². The van der Waals surface area contributed by atoms with Gasteiger partial charge in [0, 0.05) is 0 Å². The third kappa shape index (κ3) is 14.9. The minimum absolute atomic E-state index is 1.06. The van der Waals surface area contributed by atoms with Crippen LogP contribution in [0.2, 0.25) is 0 Å². The van der Waals surface area contributed by atoms with E-state index in [0.717, 1.165) is 24.8 Å². The molecule has 0 atom stereocenters. The highest BCUT2D eigenvalue weighted by Gasteiger charge is 2.02. The van der Waals surface area contributed by atoms with Crippen molar-refractivity contribution in [1.29, 1.82) is 0 Å². The molecular weight excluding hydrogens is 408 g/mol. The van der Waals surface area contributed by atoms with E-state index in [1.54, 1.807) is 6.08 Å². The summed E-state index contributed by atoms with van der Waals surface area (Å²) in [4.78, 5) is 0. The molecule has 0 unspecified atom stereocenters. The lowest BCUT2D eigenvalue weighted by atomic mass is 9.97. The van der Waals surface area contributed by atoms with E-state index >= 15 is 0 Å². The first kappa shape index (κ1) is 33.1. The zero-order valence-electron chi connectivity index (χ0n) is 23.0. The number of unbranched alkanes of at least 4 members (excludes halogenated alkanes) is 1. The maximum Gasteiger partial charge on any atom is -0.0179 e. The fourth-order valence-electron chi connectivity index (χ4n) is 2.97. The second-order valence-corrected chi connectivity index (χ2v) is 7.64. The summed E-state index contributed by atoms with van der Waals surface area (Å²) in [6, 6.07) is 15.0. The summed E-state index contributed by atoms with van der Waals surface area (Å²) in [7, 11) is 0. The Morgan fingerprint density at radius 1 is 0.882 bits per heavy atom. The third-order valence-electron chi connectivity index (χ3n) is 4.84. The van der Waals surface area contributed by atoms with Crippen LogP contribution in [0.1, 0.15) is 75.3 Å². The minimum Gasteiger partial charge on any atom is -0.103 e. The number of hydrogen-bond acceptors (Lipinski definition) is 0. The van der Waals surface area contributed by atoms with Gasteiger partial charge in [-0.1, -0.05) is 112 Å². The number of aryl methyl sites for hydroxylation is 3. The summed E-state index contributed by atoms with van der Waals surface area (Å²) in [6.45, 7) is 29.3. The van der Waals surface area contributed by atoms with Crippen molar-refractivity contribution >= 4 is 11.1 Å². The lowest BCUT2D eigenvalue weighted by Crippen LogP contribution is -1.87. The molecule has 2 aromatic carbocycles. The fraction of sp³-hybridized carbons (Fsp3) is 0.294. The molecule has 0 saturated carbocycles. The molecule has 0 heterocycles. The van der Waals surface area contributed by atoms with Crippen LogP contribution in [0.25, 0.3) is 11.1 Å². The van der Waals surface area contributed by atoms with Gasteiger partial charge in [-0.25, -0.2) is 0 Å². The maximum atomic E-state index is 4.00. The molecule has 0 radical (unpaired) electrons. The molecule has 0 amide bonds. The lowest BCUT2D eigenvalue weighted by molar-refractivity contribution is 1.06. The van der Waals surface area contributed by atoms with Crippen LogP contribution in [0.5, 0.6) is 0 Å². The van der Waals surface area contributed by atoms with Gasteiger partial charge in [-0.3, -0.25) is 0 Å². The monoisotopic (exact) mass is 456 g/mol. The Balaban J connectivity index is 0. The van der Waals surface area contributed by atoms with Crippen LogP contribution in [0.3, 0.4) is 0 Å². The lowest BCUT2D eigenvalue weighted by Gasteiger charge is -2.08. The van der Waals surface area contributed by atoms with Crippen molar-refractivity contribution in [2.45, 2.75) is 67.7 Å². The van der Waals surface area contributed by atoms with E-state index < -0.39 is 0 Å². The average molecular weight is 457 g/mol. The molecule has 0 heteroatoms. The molecule has 0 nitrogen and oxygen atoms in total. The van der Waals surface area contributed by atoms with Gasteiger partial charge in [0.05, 0.1) is 0 Å². The third-order valence-corrected chi connectivity index (χ3v) is 4.84. The molecule has 0 aromatic heterocycles. The van der Waals surface area contributed by atoms with Crippen molar-refractivity contribution < 1.29 is 0 Å². The van der Waals surface area contributed by atoms with Crippen LogP contribution >= 0.6 is 0 Å². The summed E-state index contributed by atoms with van der Waals surface area (Å²) in [6.07, 6.45) is 15.0. The highest BCUT2D eigenvalue weighted by atomic mass is 14.1. The van der Waals surface area contributed by atoms with Gasteiger partial charge in [-0.05, 0) is 86.4 Å². The van der Waals surface area contributed by atoms with Gasteiger partial charge in [-0.2, -0.15) is 0 Å². The predicted octanol–water partition coefficient (Wildman–Crippen LogP) is 10.9. The smallest absolute Gasteiger partial charge is 0.0179 e. The molecule has 0 aliphatic carbocycles. The average Bonchev–Trinajstić information content (AvgIpc) is 2.85. The van der Waals surface area contributed by atoms with Crippen molar-refractivity contribution in [1.82, 2.24) is 0 Å². The molecule has 34 heavy (non-hydrogen) atoms. The first-order chi connectivity index (χ1) is 16.3. The molecule has 0 saturated heterocycles. The summed E-state index contributed by atoms with van der Waals surface area (Å²) >= 11 is 0. The fourth-order valence-corrected chi connectivity index (χ4v) is 2.97. The van der Waals surface area contributed by atoms with E-state index in [0.29, 0.717) is 0 Å². The van der Waals surface area contributed by atoms with Crippen LogP contribution in [0, 0.1) is 13.8 Å². The summed E-state index contributed by atoms with van der Waals surface area (Å²) in [5.74, 6) is 0. The second-order valence-electron chi connectivity index (χ2n) is 7.64. The predicted molar refractivity (Wildman–Crippen MR) is 160 cm³/mol. The van der Waals surface area contributed by atoms with Gasteiger partial charge in [-0.15, -0.1) is 13.2 Å². The molecule has 0 bridgehead atoms. The van der Waals surface area contributed by atoms with Crippen molar-refractivity contribution in [2.24, 2.45) is 0 Å². The van der Waals surface area contributed by atoms with Crippen LogP contribution in [-0.2, 0) is 6.42 Å². The van der Waals surface area contributed by atoms with E-state index in [1.165, 1.54) is 33.4 Å². The van der Waals surface area contributed by atoms with E-state index in [9.17, 15) is 0 Å². The van der Waals surface area contributed by atoms with Gasteiger partial charge in [0.25, 0.3) is 0 Å². The Kier molecular flexibility index (Phi) is 21.1. The van der Waals surface area contributed by atoms with E-state index in [4.69, 9.17) is 0 Å². The van der Waals surface area contributed by atoms with Gasteiger partial charge in [0.15, 0.2) is 0 Å². The topological polar surface area (TPSA) is 0 Å². The number of allylic oxidation sites excluding steroid dienone is 8. The summed E-state index contributed by atoms with van der Waals surface area (Å²) in [5, 5.41) is 0. The van der Waals surface area contributed by atoms with Crippen LogP contribution in [0.4, 0.5) is 0 Å². The van der Waals surface area contributed by atoms with Gasteiger partial charge in [0.1, 0.15) is 0 Å². The Hall–Kier alpha value is -3.12. The highest BCUT2D eigenvalue weighted by molar-refractivity contribution is 5.77. The Morgan fingerprint density at radius 2 is 1.44 bits per heavy atom.